The molecule has 1 aromatic heterocycles. The molecule has 1 N–H and O–H groups in total. The Hall–Kier alpha value is -3.34. The lowest BCUT2D eigenvalue weighted by atomic mass is 10.1. The molecule has 3 aromatic rings. The van der Waals surface area contributed by atoms with E-state index in [-0.39, 0.29) is 11.8 Å². The second-order valence-corrected chi connectivity index (χ2v) is 7.66. The molecule has 2 amide bonds. The van der Waals surface area contributed by atoms with Gasteiger partial charge in [-0.05, 0) is 36.1 Å². The van der Waals surface area contributed by atoms with Crippen molar-refractivity contribution in [2.24, 2.45) is 0 Å². The Bertz CT molecular complexity index is 1030. The number of hydrogen-bond donors (Lipinski definition) is 1. The number of nitrogens with zero attached hydrogens (tertiary/aromatic N) is 2. The Morgan fingerprint density at radius 2 is 1.60 bits per heavy atom. The summed E-state index contributed by atoms with van der Waals surface area (Å²) in [5.41, 5.74) is 3.41. The molecule has 0 aliphatic carbocycles. The molecule has 0 radical (unpaired) electrons. The minimum atomic E-state index is 0.00490. The van der Waals surface area contributed by atoms with Crippen molar-refractivity contribution in [2.75, 3.05) is 26.2 Å². The summed E-state index contributed by atoms with van der Waals surface area (Å²) in [5.74, 6) is 0.187. The number of rotatable bonds is 6. The van der Waals surface area contributed by atoms with E-state index in [0.29, 0.717) is 32.6 Å². The van der Waals surface area contributed by atoms with E-state index in [1.54, 1.807) is 6.08 Å². The van der Waals surface area contributed by atoms with Crippen LogP contribution in [0.15, 0.2) is 66.9 Å². The zero-order valence-corrected chi connectivity index (χ0v) is 17.1. The summed E-state index contributed by atoms with van der Waals surface area (Å²) < 4.78 is 0. The van der Waals surface area contributed by atoms with E-state index in [2.05, 4.69) is 17.1 Å². The fraction of sp³-hybridized carbons (Fsp3) is 0.280. The summed E-state index contributed by atoms with van der Waals surface area (Å²) in [5, 5.41) is 1.24. The van der Waals surface area contributed by atoms with Crippen molar-refractivity contribution < 1.29 is 9.59 Å². The van der Waals surface area contributed by atoms with Crippen LogP contribution in [-0.2, 0) is 16.0 Å². The van der Waals surface area contributed by atoms with Crippen LogP contribution < -0.4 is 0 Å². The minimum Gasteiger partial charge on any atom is -0.361 e. The lowest BCUT2D eigenvalue weighted by Gasteiger charge is -2.34. The molecule has 2 heterocycles. The summed E-state index contributed by atoms with van der Waals surface area (Å²) in [4.78, 5) is 32.0. The summed E-state index contributed by atoms with van der Waals surface area (Å²) in [6, 6.07) is 18.0. The van der Waals surface area contributed by atoms with Crippen LogP contribution in [0.5, 0.6) is 0 Å². The maximum absolute atomic E-state index is 12.6. The fourth-order valence-corrected chi connectivity index (χ4v) is 3.94. The molecule has 1 aliphatic rings. The van der Waals surface area contributed by atoms with Crippen LogP contribution in [0, 0.1) is 0 Å². The number of benzene rings is 2. The van der Waals surface area contributed by atoms with Gasteiger partial charge in [0, 0.05) is 55.8 Å². The van der Waals surface area contributed by atoms with Crippen molar-refractivity contribution in [1.82, 2.24) is 14.8 Å². The summed E-state index contributed by atoms with van der Waals surface area (Å²) in [7, 11) is 0. The van der Waals surface area contributed by atoms with Gasteiger partial charge in [0.1, 0.15) is 0 Å². The molecular formula is C25H27N3O2. The van der Waals surface area contributed by atoms with E-state index in [0.717, 1.165) is 23.9 Å². The summed E-state index contributed by atoms with van der Waals surface area (Å²) in [6.45, 7) is 2.39. The Balaban J connectivity index is 1.21. The number of nitrogens with one attached hydrogen (secondary N) is 1. The first-order valence-electron chi connectivity index (χ1n) is 10.6. The second-order valence-electron chi connectivity index (χ2n) is 7.66. The van der Waals surface area contributed by atoms with E-state index in [9.17, 15) is 9.59 Å². The van der Waals surface area contributed by atoms with Crippen LogP contribution in [0.1, 0.15) is 24.0 Å². The van der Waals surface area contributed by atoms with Gasteiger partial charge < -0.3 is 14.8 Å². The monoisotopic (exact) mass is 401 g/mol. The van der Waals surface area contributed by atoms with Gasteiger partial charge in [-0.2, -0.15) is 0 Å². The smallest absolute Gasteiger partial charge is 0.246 e. The van der Waals surface area contributed by atoms with Gasteiger partial charge in [-0.3, -0.25) is 9.59 Å². The molecule has 154 valence electrons. The van der Waals surface area contributed by atoms with Gasteiger partial charge in [0.05, 0.1) is 0 Å². The first kappa shape index (κ1) is 20.0. The van der Waals surface area contributed by atoms with Crippen molar-refractivity contribution in [2.45, 2.75) is 19.3 Å². The highest BCUT2D eigenvalue weighted by atomic mass is 16.2. The fourth-order valence-electron chi connectivity index (χ4n) is 3.94. The lowest BCUT2D eigenvalue weighted by Crippen LogP contribution is -2.50. The molecule has 0 unspecified atom stereocenters. The van der Waals surface area contributed by atoms with Crippen LogP contribution in [0.3, 0.4) is 0 Å². The predicted molar refractivity (Wildman–Crippen MR) is 120 cm³/mol. The third-order valence-electron chi connectivity index (χ3n) is 5.67. The van der Waals surface area contributed by atoms with Gasteiger partial charge >= 0.3 is 0 Å². The van der Waals surface area contributed by atoms with Crippen molar-refractivity contribution in [3.05, 3.63) is 78.0 Å². The number of amides is 2. The molecule has 30 heavy (non-hydrogen) atoms. The molecular weight excluding hydrogens is 374 g/mol. The SMILES string of the molecule is O=C(/C=C/c1ccccc1)N1CCN(C(=O)CCCc2c[nH]c3ccccc23)CC1. The number of H-pyrrole nitrogens is 1. The van der Waals surface area contributed by atoms with E-state index >= 15 is 0 Å². The highest BCUT2D eigenvalue weighted by molar-refractivity contribution is 5.92. The van der Waals surface area contributed by atoms with Crippen molar-refractivity contribution in [3.8, 4) is 0 Å². The molecule has 1 fully saturated rings. The normalized spacial score (nSPS) is 14.5. The molecule has 5 heteroatoms. The van der Waals surface area contributed by atoms with Crippen LogP contribution in [-0.4, -0.2) is 52.8 Å². The Morgan fingerprint density at radius 1 is 0.900 bits per heavy atom. The highest BCUT2D eigenvalue weighted by Crippen LogP contribution is 2.19. The van der Waals surface area contributed by atoms with Gasteiger partial charge in [0.15, 0.2) is 0 Å². The molecule has 0 bridgehead atoms. The predicted octanol–water partition coefficient (Wildman–Crippen LogP) is 3.87. The first-order valence-corrected chi connectivity index (χ1v) is 10.6. The number of aromatic amines is 1. The van der Waals surface area contributed by atoms with E-state index in [4.69, 9.17) is 0 Å². The van der Waals surface area contributed by atoms with Gasteiger partial charge in [-0.15, -0.1) is 0 Å². The summed E-state index contributed by atoms with van der Waals surface area (Å²) in [6.07, 6.45) is 7.76. The lowest BCUT2D eigenvalue weighted by molar-refractivity contribution is -0.137. The Morgan fingerprint density at radius 3 is 2.40 bits per heavy atom. The third kappa shape index (κ3) is 4.79. The topological polar surface area (TPSA) is 56.4 Å². The summed E-state index contributed by atoms with van der Waals surface area (Å²) >= 11 is 0. The molecule has 0 spiro atoms. The number of para-hydroxylation sites is 1. The van der Waals surface area contributed by atoms with Crippen LogP contribution in [0.2, 0.25) is 0 Å². The molecule has 1 saturated heterocycles. The van der Waals surface area contributed by atoms with Crippen LogP contribution >= 0.6 is 0 Å². The quantitative estimate of drug-likeness (QED) is 0.638. The van der Waals surface area contributed by atoms with Gasteiger partial charge in [-0.25, -0.2) is 0 Å². The Labute approximate surface area is 177 Å². The number of fused-ring (bicyclic) bond motifs is 1. The maximum atomic E-state index is 12.6. The number of piperazine rings is 1. The molecule has 0 atom stereocenters. The van der Waals surface area contributed by atoms with Crippen LogP contribution in [0.4, 0.5) is 0 Å². The van der Waals surface area contributed by atoms with Gasteiger partial charge in [-0.1, -0.05) is 48.5 Å². The minimum absolute atomic E-state index is 0.00490. The second kappa shape index (κ2) is 9.44. The number of aromatic nitrogens is 1. The molecule has 0 saturated carbocycles. The molecule has 1 aliphatic heterocycles. The highest BCUT2D eigenvalue weighted by Gasteiger charge is 2.22. The molecule has 5 nitrogen and oxygen atoms in total. The van der Waals surface area contributed by atoms with Crippen molar-refractivity contribution in [1.29, 1.82) is 0 Å². The van der Waals surface area contributed by atoms with Crippen LogP contribution in [0.25, 0.3) is 17.0 Å². The standard InChI is InChI=1S/C25H27N3O2/c29-24(12-6-9-21-19-26-23-11-5-4-10-22(21)23)27-15-17-28(18-16-27)25(30)14-13-20-7-2-1-3-8-20/h1-5,7-8,10-11,13-14,19,26H,6,9,12,15-18H2/b14-13+. The van der Waals surface area contributed by atoms with E-state index in [1.165, 1.54) is 10.9 Å². The molecule has 4 rings (SSSR count). The molecule has 2 aromatic carbocycles. The average molecular weight is 402 g/mol. The Kier molecular flexibility index (Phi) is 6.28. The number of carbonyl (C=O) groups excluding carboxylic acids is 2. The van der Waals surface area contributed by atoms with Gasteiger partial charge in [0.2, 0.25) is 11.8 Å². The number of hydrogen-bond acceptors (Lipinski definition) is 2. The van der Waals surface area contributed by atoms with Crippen molar-refractivity contribution >= 4 is 28.8 Å². The zero-order chi connectivity index (χ0) is 20.8. The number of carbonyl (C=O) groups is 2. The third-order valence-corrected chi connectivity index (χ3v) is 5.67. The van der Waals surface area contributed by atoms with E-state index in [1.807, 2.05) is 64.5 Å². The zero-order valence-electron chi connectivity index (χ0n) is 17.1. The maximum Gasteiger partial charge on any atom is 0.246 e. The number of aryl methyl sites for hydroxylation is 1. The first-order chi connectivity index (χ1) is 14.7. The van der Waals surface area contributed by atoms with E-state index < -0.39 is 0 Å². The van der Waals surface area contributed by atoms with Gasteiger partial charge in [0.25, 0.3) is 0 Å². The van der Waals surface area contributed by atoms with Crippen molar-refractivity contribution in [3.63, 3.8) is 0 Å². The largest absolute Gasteiger partial charge is 0.361 e. The average Bonchev–Trinajstić information content (AvgIpc) is 3.21.